The molecule has 0 atom stereocenters. The van der Waals surface area contributed by atoms with Crippen molar-refractivity contribution >= 4 is 32.1 Å². The minimum atomic E-state index is -3.46. The van der Waals surface area contributed by atoms with Gasteiger partial charge in [-0.2, -0.15) is 0 Å². The molecule has 128 valence electrons. The zero-order chi connectivity index (χ0) is 17.7. The van der Waals surface area contributed by atoms with Crippen LogP contribution in [0.3, 0.4) is 0 Å². The summed E-state index contributed by atoms with van der Waals surface area (Å²) in [7, 11) is -3.46. The number of ether oxygens (including phenoxy) is 1. The van der Waals surface area contributed by atoms with E-state index in [1.54, 1.807) is 24.3 Å². The highest BCUT2D eigenvalue weighted by molar-refractivity contribution is 9.06. The van der Waals surface area contributed by atoms with Crippen molar-refractivity contribution in [2.45, 2.75) is 11.8 Å². The smallest absolute Gasteiger partial charge is 0.339 e. The molecule has 0 aliphatic heterocycles. The molecule has 0 heterocycles. The van der Waals surface area contributed by atoms with Crippen LogP contribution in [0.4, 0.5) is 0 Å². The van der Waals surface area contributed by atoms with Crippen molar-refractivity contribution in [1.29, 1.82) is 0 Å². The maximum atomic E-state index is 12.2. The lowest BCUT2D eigenvalue weighted by Gasteiger charge is -2.09. The molecule has 8 heteroatoms. The number of hydrogen-bond acceptors (Lipinski definition) is 5. The molecule has 0 aliphatic carbocycles. The Balaban J connectivity index is 2.05. The highest BCUT2D eigenvalue weighted by Gasteiger charge is 2.16. The first kappa shape index (κ1) is 18.3. The molecule has 0 aromatic heterocycles. The zero-order valence-corrected chi connectivity index (χ0v) is 15.1. The fourth-order valence-corrected chi connectivity index (χ4v) is 3.34. The Morgan fingerprint density at radius 2 is 1.83 bits per heavy atom. The Morgan fingerprint density at radius 1 is 1.17 bits per heavy atom. The van der Waals surface area contributed by atoms with Crippen LogP contribution in [-0.2, 0) is 9.84 Å². The molecule has 2 rings (SSSR count). The molecule has 0 saturated heterocycles. The number of aryl methyl sites for hydroxylation is 1. The molecule has 0 unspecified atom stereocenters. The fraction of sp³-hybridized carbons (Fsp3) is 0.188. The summed E-state index contributed by atoms with van der Waals surface area (Å²) in [6.07, 6.45) is 0. The molecule has 2 aromatic carbocycles. The highest BCUT2D eigenvalue weighted by atomic mass is 79.9. The van der Waals surface area contributed by atoms with Gasteiger partial charge in [0.15, 0.2) is 31.8 Å². The molecule has 24 heavy (non-hydrogen) atoms. The van der Waals surface area contributed by atoms with Crippen LogP contribution in [0.2, 0.25) is 0 Å². The van der Waals surface area contributed by atoms with Gasteiger partial charge in [0.1, 0.15) is 17.9 Å². The average Bonchev–Trinajstić information content (AvgIpc) is 2.55. The lowest BCUT2D eigenvalue weighted by atomic mass is 10.2. The second kappa shape index (κ2) is 7.67. The molecule has 1 N–H and O–H groups in total. The molecule has 0 radical (unpaired) electrons. The molecule has 0 aliphatic rings. The summed E-state index contributed by atoms with van der Waals surface area (Å²) in [6, 6.07) is 10.8. The number of rotatable bonds is 7. The molecule has 2 aromatic rings. The summed E-state index contributed by atoms with van der Waals surface area (Å²) in [5.74, 6) is -1.01. The van der Waals surface area contributed by atoms with Crippen molar-refractivity contribution in [3.05, 3.63) is 53.6 Å². The number of carbonyl (C=O) groups is 1. The molecule has 0 bridgehead atoms. The lowest BCUT2D eigenvalue weighted by Crippen LogP contribution is -2.14. The van der Waals surface area contributed by atoms with Gasteiger partial charge in [-0.1, -0.05) is 17.7 Å². The van der Waals surface area contributed by atoms with Crippen LogP contribution in [0, 0.1) is 6.92 Å². The molecule has 0 amide bonds. The summed E-state index contributed by atoms with van der Waals surface area (Å²) >= 11 is 2.73. The Morgan fingerprint density at radius 3 is 2.42 bits per heavy atom. The van der Waals surface area contributed by atoms with Crippen molar-refractivity contribution in [1.82, 2.24) is 0 Å². The van der Waals surface area contributed by atoms with E-state index in [1.165, 1.54) is 18.2 Å². The normalized spacial score (nSPS) is 11.1. The predicted molar refractivity (Wildman–Crippen MR) is 91.7 cm³/mol. The third-order valence-corrected chi connectivity index (χ3v) is 5.31. The van der Waals surface area contributed by atoms with Crippen LogP contribution in [0.15, 0.2) is 47.4 Å². The molecular formula is C16H15BrO6S. The summed E-state index contributed by atoms with van der Waals surface area (Å²) < 4.78 is 34.6. The van der Waals surface area contributed by atoms with E-state index in [1.807, 2.05) is 6.92 Å². The summed E-state index contributed by atoms with van der Waals surface area (Å²) in [5.41, 5.74) is 0.881. The number of aromatic carboxylic acids is 1. The SMILES string of the molecule is Cc1ccc(S(=O)(=O)CCOc2ccc(OBr)c(C(=O)O)c2)cc1. The average molecular weight is 415 g/mol. The second-order valence-electron chi connectivity index (χ2n) is 5.02. The van der Waals surface area contributed by atoms with Crippen molar-refractivity contribution in [2.75, 3.05) is 12.4 Å². The first-order chi connectivity index (χ1) is 11.3. The van der Waals surface area contributed by atoms with Gasteiger partial charge >= 0.3 is 5.97 Å². The summed E-state index contributed by atoms with van der Waals surface area (Å²) in [6.45, 7) is 1.78. The van der Waals surface area contributed by atoms with E-state index < -0.39 is 15.8 Å². The van der Waals surface area contributed by atoms with Gasteiger partial charge < -0.3 is 13.7 Å². The number of sulfone groups is 1. The third kappa shape index (κ3) is 4.48. The van der Waals surface area contributed by atoms with Crippen LogP contribution < -0.4 is 8.57 Å². The van der Waals surface area contributed by atoms with E-state index in [0.717, 1.165) is 5.56 Å². The molecule has 0 fully saturated rings. The van der Waals surface area contributed by atoms with Crippen LogP contribution in [0.1, 0.15) is 15.9 Å². The largest absolute Gasteiger partial charge is 0.492 e. The van der Waals surface area contributed by atoms with Crippen molar-refractivity contribution < 1.29 is 26.9 Å². The van der Waals surface area contributed by atoms with Gasteiger partial charge in [0.05, 0.1) is 10.6 Å². The topological polar surface area (TPSA) is 89.9 Å². The molecular weight excluding hydrogens is 400 g/mol. The van der Waals surface area contributed by atoms with Crippen LogP contribution in [-0.4, -0.2) is 31.9 Å². The van der Waals surface area contributed by atoms with E-state index in [-0.39, 0.29) is 34.3 Å². The van der Waals surface area contributed by atoms with Crippen LogP contribution >= 0.6 is 16.3 Å². The van der Waals surface area contributed by atoms with Gasteiger partial charge in [0.2, 0.25) is 0 Å². The lowest BCUT2D eigenvalue weighted by molar-refractivity contribution is 0.0694. The van der Waals surface area contributed by atoms with Gasteiger partial charge in [-0.05, 0) is 37.3 Å². The minimum Gasteiger partial charge on any atom is -0.492 e. The fourth-order valence-electron chi connectivity index (χ4n) is 1.97. The van der Waals surface area contributed by atoms with Crippen molar-refractivity contribution in [3.8, 4) is 11.5 Å². The predicted octanol–water partition coefficient (Wildman–Crippen LogP) is 3.23. The first-order valence-corrected chi connectivity index (χ1v) is 9.21. The van der Waals surface area contributed by atoms with Crippen LogP contribution in [0.5, 0.6) is 11.5 Å². The second-order valence-corrected chi connectivity index (χ2v) is 7.45. The van der Waals surface area contributed by atoms with Gasteiger partial charge in [-0.15, -0.1) is 0 Å². The number of carboxylic acids is 1. The Kier molecular flexibility index (Phi) is 5.84. The monoisotopic (exact) mass is 414 g/mol. The quantitative estimate of drug-likeness (QED) is 0.747. The van der Waals surface area contributed by atoms with Crippen LogP contribution in [0.25, 0.3) is 0 Å². The summed E-state index contributed by atoms with van der Waals surface area (Å²) in [5, 5.41) is 9.09. The van der Waals surface area contributed by atoms with E-state index in [9.17, 15) is 13.2 Å². The molecule has 6 nitrogen and oxygen atoms in total. The number of hydrogen-bond donors (Lipinski definition) is 1. The van der Waals surface area contributed by atoms with Crippen molar-refractivity contribution in [3.63, 3.8) is 0 Å². The van der Waals surface area contributed by atoms with E-state index >= 15 is 0 Å². The standard InChI is InChI=1S/C16H15BrO6S/c1-11-2-5-13(6-3-11)24(20,21)9-8-22-12-4-7-15(23-17)14(10-12)16(18)19/h2-7,10H,8-9H2,1H3,(H,18,19). The van der Waals surface area contributed by atoms with E-state index in [0.29, 0.717) is 0 Å². The maximum Gasteiger partial charge on any atom is 0.339 e. The maximum absolute atomic E-state index is 12.2. The highest BCUT2D eigenvalue weighted by Crippen LogP contribution is 2.25. The van der Waals surface area contributed by atoms with Gasteiger partial charge in [-0.3, -0.25) is 0 Å². The summed E-state index contributed by atoms with van der Waals surface area (Å²) in [4.78, 5) is 11.4. The number of benzene rings is 2. The number of carboxylic acid groups (broad SMARTS) is 1. The van der Waals surface area contributed by atoms with E-state index in [4.69, 9.17) is 13.7 Å². The number of halogens is 1. The zero-order valence-electron chi connectivity index (χ0n) is 12.7. The van der Waals surface area contributed by atoms with E-state index in [2.05, 4.69) is 16.3 Å². The van der Waals surface area contributed by atoms with Crippen molar-refractivity contribution in [2.24, 2.45) is 0 Å². The Labute approximate surface area is 148 Å². The Bertz CT molecular complexity index is 830. The molecule has 0 saturated carbocycles. The first-order valence-electron chi connectivity index (χ1n) is 6.91. The molecule has 0 spiro atoms. The Hall–Kier alpha value is -2.06. The third-order valence-electron chi connectivity index (χ3n) is 3.27. The van der Waals surface area contributed by atoms with Gasteiger partial charge in [0, 0.05) is 0 Å². The van der Waals surface area contributed by atoms with Gasteiger partial charge in [0.25, 0.3) is 0 Å². The van der Waals surface area contributed by atoms with Gasteiger partial charge in [-0.25, -0.2) is 13.2 Å². The minimum absolute atomic E-state index is 0.0919.